The summed E-state index contributed by atoms with van der Waals surface area (Å²) in [6, 6.07) is 17.0. The van der Waals surface area contributed by atoms with E-state index in [0.29, 0.717) is 41.9 Å². The molecule has 0 atom stereocenters. The van der Waals surface area contributed by atoms with E-state index in [0.717, 1.165) is 32.4 Å². The van der Waals surface area contributed by atoms with Crippen LogP contribution in [0.25, 0.3) is 11.4 Å². The quantitative estimate of drug-likeness (QED) is 0.351. The van der Waals surface area contributed by atoms with Crippen LogP contribution >= 0.6 is 11.8 Å². The van der Waals surface area contributed by atoms with Gasteiger partial charge in [0.15, 0.2) is 11.0 Å². The molecular weight excluding hydrogens is 494 g/mol. The average molecular weight is 528 g/mol. The SMILES string of the molecule is CCN(CC)S(=O)(=O)c1cccc(-c2nnc(SCC(=O)N3CCCC3)n2CCc2ccccc2)c1. The van der Waals surface area contributed by atoms with Crippen LogP contribution in [-0.4, -0.2) is 70.2 Å². The minimum absolute atomic E-state index is 0.115. The van der Waals surface area contributed by atoms with Crippen LogP contribution in [0, 0.1) is 0 Å². The van der Waals surface area contributed by atoms with Crippen LogP contribution in [0.2, 0.25) is 0 Å². The van der Waals surface area contributed by atoms with Gasteiger partial charge in [0, 0.05) is 38.3 Å². The second kappa shape index (κ2) is 12.0. The molecule has 0 radical (unpaired) electrons. The molecule has 0 saturated carbocycles. The summed E-state index contributed by atoms with van der Waals surface area (Å²) in [7, 11) is -3.60. The zero-order valence-corrected chi connectivity index (χ0v) is 22.5. The number of thioether (sulfide) groups is 1. The van der Waals surface area contributed by atoms with E-state index < -0.39 is 10.0 Å². The summed E-state index contributed by atoms with van der Waals surface area (Å²) in [5, 5.41) is 9.51. The first kappa shape index (κ1) is 26.4. The van der Waals surface area contributed by atoms with E-state index in [2.05, 4.69) is 22.3 Å². The number of nitrogens with zero attached hydrogens (tertiary/aromatic N) is 5. The van der Waals surface area contributed by atoms with Crippen molar-refractivity contribution in [2.24, 2.45) is 0 Å². The van der Waals surface area contributed by atoms with Crippen LogP contribution in [0.15, 0.2) is 64.6 Å². The van der Waals surface area contributed by atoms with Gasteiger partial charge in [-0.3, -0.25) is 4.79 Å². The summed E-state index contributed by atoms with van der Waals surface area (Å²) in [6.45, 7) is 6.72. The maximum Gasteiger partial charge on any atom is 0.243 e. The predicted molar refractivity (Wildman–Crippen MR) is 142 cm³/mol. The molecule has 192 valence electrons. The molecule has 2 heterocycles. The fourth-order valence-electron chi connectivity index (χ4n) is 4.39. The molecule has 0 spiro atoms. The van der Waals surface area contributed by atoms with Gasteiger partial charge in [-0.25, -0.2) is 8.42 Å². The standard InChI is InChI=1S/C26H33N5O3S2/c1-3-30(4-2)36(33,34)23-14-10-13-22(19-23)25-27-28-26(35-20-24(32)29-16-8-9-17-29)31(25)18-15-21-11-6-5-7-12-21/h5-7,10-14,19H,3-4,8-9,15-18,20H2,1-2H3. The molecule has 1 aliphatic rings. The average Bonchev–Trinajstić information content (AvgIpc) is 3.58. The van der Waals surface area contributed by atoms with Gasteiger partial charge in [0.05, 0.1) is 10.6 Å². The molecule has 1 fully saturated rings. The lowest BCUT2D eigenvalue weighted by atomic mass is 10.1. The van der Waals surface area contributed by atoms with E-state index in [-0.39, 0.29) is 10.8 Å². The maximum atomic E-state index is 13.1. The topological polar surface area (TPSA) is 88.4 Å². The Kier molecular flexibility index (Phi) is 8.81. The lowest BCUT2D eigenvalue weighted by molar-refractivity contribution is -0.127. The predicted octanol–water partition coefficient (Wildman–Crippen LogP) is 3.93. The van der Waals surface area contributed by atoms with Crippen molar-refractivity contribution in [1.82, 2.24) is 24.0 Å². The molecule has 0 unspecified atom stereocenters. The van der Waals surface area contributed by atoms with Crippen LogP contribution in [0.4, 0.5) is 0 Å². The second-order valence-electron chi connectivity index (χ2n) is 8.69. The number of rotatable bonds is 11. The van der Waals surface area contributed by atoms with E-state index in [9.17, 15) is 13.2 Å². The molecule has 3 aromatic rings. The number of likely N-dealkylation sites (tertiary alicyclic amines) is 1. The largest absolute Gasteiger partial charge is 0.342 e. The molecule has 1 amide bonds. The Bertz CT molecular complexity index is 1270. The van der Waals surface area contributed by atoms with Crippen molar-refractivity contribution in [3.05, 3.63) is 60.2 Å². The molecule has 0 bridgehead atoms. The highest BCUT2D eigenvalue weighted by atomic mass is 32.2. The monoisotopic (exact) mass is 527 g/mol. The first-order valence-electron chi connectivity index (χ1n) is 12.4. The lowest BCUT2D eigenvalue weighted by Crippen LogP contribution is -2.30. The van der Waals surface area contributed by atoms with Crippen LogP contribution in [-0.2, 0) is 27.8 Å². The third-order valence-corrected chi connectivity index (χ3v) is 9.40. The first-order valence-corrected chi connectivity index (χ1v) is 14.8. The molecule has 36 heavy (non-hydrogen) atoms. The van der Waals surface area contributed by atoms with Gasteiger partial charge in [0.1, 0.15) is 0 Å². The van der Waals surface area contributed by atoms with Crippen molar-refractivity contribution in [3.8, 4) is 11.4 Å². The zero-order valence-electron chi connectivity index (χ0n) is 20.8. The van der Waals surface area contributed by atoms with Crippen LogP contribution in [0.1, 0.15) is 32.3 Å². The third-order valence-electron chi connectivity index (χ3n) is 6.40. The van der Waals surface area contributed by atoms with Crippen molar-refractivity contribution in [2.45, 2.75) is 49.7 Å². The molecule has 2 aromatic carbocycles. The fraction of sp³-hybridized carbons (Fsp3) is 0.423. The number of aryl methyl sites for hydroxylation is 1. The maximum absolute atomic E-state index is 13.1. The van der Waals surface area contributed by atoms with Gasteiger partial charge in [-0.05, 0) is 37.0 Å². The summed E-state index contributed by atoms with van der Waals surface area (Å²) in [6.07, 6.45) is 2.87. The van der Waals surface area contributed by atoms with Gasteiger partial charge >= 0.3 is 0 Å². The zero-order chi connectivity index (χ0) is 25.5. The van der Waals surface area contributed by atoms with Crippen LogP contribution in [0.5, 0.6) is 0 Å². The number of sulfonamides is 1. The molecule has 1 aromatic heterocycles. The van der Waals surface area contributed by atoms with Crippen molar-refractivity contribution in [3.63, 3.8) is 0 Å². The number of hydrogen-bond acceptors (Lipinski definition) is 6. The van der Waals surface area contributed by atoms with E-state index >= 15 is 0 Å². The molecule has 8 nitrogen and oxygen atoms in total. The Hall–Kier alpha value is -2.69. The number of aromatic nitrogens is 3. The lowest BCUT2D eigenvalue weighted by Gasteiger charge is -2.19. The summed E-state index contributed by atoms with van der Waals surface area (Å²) >= 11 is 1.39. The van der Waals surface area contributed by atoms with Crippen LogP contribution < -0.4 is 0 Å². The Morgan fingerprint density at radius 1 is 1.00 bits per heavy atom. The minimum Gasteiger partial charge on any atom is -0.342 e. The minimum atomic E-state index is -3.60. The highest BCUT2D eigenvalue weighted by Gasteiger charge is 2.24. The van der Waals surface area contributed by atoms with Gasteiger partial charge in [-0.15, -0.1) is 10.2 Å². The Balaban J connectivity index is 1.63. The summed E-state index contributed by atoms with van der Waals surface area (Å²) in [4.78, 5) is 14.8. The first-order chi connectivity index (χ1) is 17.4. The van der Waals surface area contributed by atoms with E-state index in [4.69, 9.17) is 0 Å². The van der Waals surface area contributed by atoms with Crippen LogP contribution in [0.3, 0.4) is 0 Å². The van der Waals surface area contributed by atoms with E-state index in [1.807, 2.05) is 47.6 Å². The smallest absolute Gasteiger partial charge is 0.243 e. The van der Waals surface area contributed by atoms with Gasteiger partial charge in [0.2, 0.25) is 15.9 Å². The second-order valence-corrected chi connectivity index (χ2v) is 11.6. The van der Waals surface area contributed by atoms with Gasteiger partial charge < -0.3 is 9.47 Å². The molecule has 1 saturated heterocycles. The molecule has 4 rings (SSSR count). The Morgan fingerprint density at radius 2 is 1.72 bits per heavy atom. The molecule has 1 aliphatic heterocycles. The number of amides is 1. The number of carbonyl (C=O) groups excluding carboxylic acids is 1. The third kappa shape index (κ3) is 5.99. The summed E-state index contributed by atoms with van der Waals surface area (Å²) in [5.74, 6) is 1.02. The van der Waals surface area contributed by atoms with Crippen molar-refractivity contribution < 1.29 is 13.2 Å². The van der Waals surface area contributed by atoms with Crippen molar-refractivity contribution in [2.75, 3.05) is 31.9 Å². The Morgan fingerprint density at radius 3 is 2.42 bits per heavy atom. The van der Waals surface area contributed by atoms with Gasteiger partial charge in [-0.1, -0.05) is 68.1 Å². The normalized spacial score (nSPS) is 14.0. The highest BCUT2D eigenvalue weighted by molar-refractivity contribution is 7.99. The molecule has 0 aliphatic carbocycles. The Labute approximate surface area is 217 Å². The van der Waals surface area contributed by atoms with Gasteiger partial charge in [0.25, 0.3) is 0 Å². The number of hydrogen-bond donors (Lipinski definition) is 0. The van der Waals surface area contributed by atoms with E-state index in [1.165, 1.54) is 21.6 Å². The fourth-order valence-corrected chi connectivity index (χ4v) is 6.76. The molecule has 0 N–H and O–H groups in total. The summed E-state index contributed by atoms with van der Waals surface area (Å²) < 4.78 is 29.7. The van der Waals surface area contributed by atoms with E-state index in [1.54, 1.807) is 18.2 Å². The van der Waals surface area contributed by atoms with Crippen molar-refractivity contribution >= 4 is 27.7 Å². The highest BCUT2D eigenvalue weighted by Crippen LogP contribution is 2.28. The number of carbonyl (C=O) groups is 1. The number of benzene rings is 2. The molecular formula is C26H33N5O3S2. The summed E-state index contributed by atoms with van der Waals surface area (Å²) in [5.41, 5.74) is 1.86. The van der Waals surface area contributed by atoms with Crippen molar-refractivity contribution in [1.29, 1.82) is 0 Å². The van der Waals surface area contributed by atoms with Gasteiger partial charge in [-0.2, -0.15) is 4.31 Å². The molecule has 10 heteroatoms.